The highest BCUT2D eigenvalue weighted by Gasteiger charge is 2.20. The summed E-state index contributed by atoms with van der Waals surface area (Å²) in [7, 11) is 0. The Labute approximate surface area is 94.2 Å². The molecule has 0 saturated carbocycles. The summed E-state index contributed by atoms with van der Waals surface area (Å²) in [6.45, 7) is 9.27. The van der Waals surface area contributed by atoms with Crippen molar-refractivity contribution in [2.75, 3.05) is 26.3 Å². The summed E-state index contributed by atoms with van der Waals surface area (Å²) in [5.41, 5.74) is -0.538. The van der Waals surface area contributed by atoms with Gasteiger partial charge in [0, 0.05) is 19.7 Å². The molecule has 0 aromatic heterocycles. The van der Waals surface area contributed by atoms with E-state index in [4.69, 9.17) is 4.74 Å². The highest BCUT2D eigenvalue weighted by molar-refractivity contribution is 4.77. The number of hydrogen-bond donors (Lipinski definition) is 2. The molecule has 0 aromatic rings. The van der Waals surface area contributed by atoms with Gasteiger partial charge in [0.1, 0.15) is 0 Å². The Bertz CT molecular complexity index is 136. The zero-order valence-corrected chi connectivity index (χ0v) is 10.5. The summed E-state index contributed by atoms with van der Waals surface area (Å²) in [5, 5.41) is 13.2. The SMILES string of the molecule is CCCCOCCNCC(O)(CC)CC. The van der Waals surface area contributed by atoms with E-state index in [1.807, 2.05) is 13.8 Å². The molecular weight excluding hydrogens is 190 g/mol. The zero-order valence-electron chi connectivity index (χ0n) is 10.5. The van der Waals surface area contributed by atoms with Crippen LogP contribution in [0.3, 0.4) is 0 Å². The summed E-state index contributed by atoms with van der Waals surface area (Å²) in [6.07, 6.45) is 3.91. The third-order valence-corrected chi connectivity index (χ3v) is 2.84. The van der Waals surface area contributed by atoms with E-state index in [1.54, 1.807) is 0 Å². The molecule has 0 spiro atoms. The third-order valence-electron chi connectivity index (χ3n) is 2.84. The van der Waals surface area contributed by atoms with Crippen LogP contribution in [0.2, 0.25) is 0 Å². The second-order valence-electron chi connectivity index (χ2n) is 4.07. The Balaban J connectivity index is 3.29. The van der Waals surface area contributed by atoms with E-state index in [1.165, 1.54) is 6.42 Å². The highest BCUT2D eigenvalue weighted by Crippen LogP contribution is 2.12. The maximum atomic E-state index is 9.97. The van der Waals surface area contributed by atoms with Crippen molar-refractivity contribution in [2.45, 2.75) is 52.1 Å². The number of aliphatic hydroxyl groups is 1. The molecule has 3 nitrogen and oxygen atoms in total. The van der Waals surface area contributed by atoms with Crippen LogP contribution in [0.15, 0.2) is 0 Å². The summed E-state index contributed by atoms with van der Waals surface area (Å²) in [4.78, 5) is 0. The predicted molar refractivity (Wildman–Crippen MR) is 64.1 cm³/mol. The van der Waals surface area contributed by atoms with Crippen LogP contribution < -0.4 is 5.32 Å². The first-order chi connectivity index (χ1) is 7.18. The number of rotatable bonds is 10. The van der Waals surface area contributed by atoms with Gasteiger partial charge in [-0.25, -0.2) is 0 Å². The molecule has 0 rings (SSSR count). The smallest absolute Gasteiger partial charge is 0.0766 e. The van der Waals surface area contributed by atoms with Gasteiger partial charge in [0.05, 0.1) is 12.2 Å². The molecule has 3 heteroatoms. The van der Waals surface area contributed by atoms with Crippen molar-refractivity contribution in [1.29, 1.82) is 0 Å². The van der Waals surface area contributed by atoms with Gasteiger partial charge in [0.15, 0.2) is 0 Å². The van der Waals surface area contributed by atoms with Gasteiger partial charge >= 0.3 is 0 Å². The van der Waals surface area contributed by atoms with E-state index in [0.29, 0.717) is 6.54 Å². The third kappa shape index (κ3) is 7.77. The number of nitrogens with one attached hydrogen (secondary N) is 1. The van der Waals surface area contributed by atoms with Gasteiger partial charge in [-0.2, -0.15) is 0 Å². The lowest BCUT2D eigenvalue weighted by Gasteiger charge is -2.25. The lowest BCUT2D eigenvalue weighted by molar-refractivity contribution is 0.0302. The molecule has 0 amide bonds. The van der Waals surface area contributed by atoms with E-state index >= 15 is 0 Å². The fraction of sp³-hybridized carbons (Fsp3) is 1.00. The predicted octanol–water partition coefficient (Wildman–Crippen LogP) is 1.94. The van der Waals surface area contributed by atoms with Crippen LogP contribution in [0.25, 0.3) is 0 Å². The van der Waals surface area contributed by atoms with Gasteiger partial charge in [-0.05, 0) is 19.3 Å². The molecule has 0 aliphatic heterocycles. The molecule has 0 aliphatic carbocycles. The molecule has 92 valence electrons. The van der Waals surface area contributed by atoms with Crippen LogP contribution in [0.5, 0.6) is 0 Å². The first kappa shape index (κ1) is 14.9. The van der Waals surface area contributed by atoms with Crippen LogP contribution in [0, 0.1) is 0 Å². The van der Waals surface area contributed by atoms with Crippen molar-refractivity contribution < 1.29 is 9.84 Å². The van der Waals surface area contributed by atoms with Gasteiger partial charge in [0.2, 0.25) is 0 Å². The molecule has 0 radical (unpaired) electrons. The van der Waals surface area contributed by atoms with E-state index in [9.17, 15) is 5.11 Å². The molecule has 0 bridgehead atoms. The number of hydrogen-bond acceptors (Lipinski definition) is 3. The Morgan fingerprint density at radius 1 is 1.13 bits per heavy atom. The molecule has 0 aliphatic rings. The molecule has 0 atom stereocenters. The zero-order chi connectivity index (χ0) is 11.6. The van der Waals surface area contributed by atoms with Crippen molar-refractivity contribution in [3.63, 3.8) is 0 Å². The maximum Gasteiger partial charge on any atom is 0.0766 e. The lowest BCUT2D eigenvalue weighted by atomic mass is 9.98. The quantitative estimate of drug-likeness (QED) is 0.550. The fourth-order valence-corrected chi connectivity index (χ4v) is 1.31. The van der Waals surface area contributed by atoms with Crippen molar-refractivity contribution in [2.24, 2.45) is 0 Å². The molecule has 0 fully saturated rings. The standard InChI is InChI=1S/C12H27NO2/c1-4-7-9-15-10-8-13-11-12(14,5-2)6-3/h13-14H,4-11H2,1-3H3. The topological polar surface area (TPSA) is 41.5 Å². The molecule has 2 N–H and O–H groups in total. The van der Waals surface area contributed by atoms with Crippen molar-refractivity contribution >= 4 is 0 Å². The van der Waals surface area contributed by atoms with Crippen molar-refractivity contribution in [3.8, 4) is 0 Å². The van der Waals surface area contributed by atoms with Crippen LogP contribution in [0.4, 0.5) is 0 Å². The van der Waals surface area contributed by atoms with E-state index in [-0.39, 0.29) is 0 Å². The summed E-state index contributed by atoms with van der Waals surface area (Å²) < 4.78 is 5.41. The molecule has 0 unspecified atom stereocenters. The Kier molecular flexibility index (Phi) is 9.06. The van der Waals surface area contributed by atoms with Gasteiger partial charge in [0.25, 0.3) is 0 Å². The van der Waals surface area contributed by atoms with Gasteiger partial charge in [-0.15, -0.1) is 0 Å². The minimum Gasteiger partial charge on any atom is -0.389 e. The van der Waals surface area contributed by atoms with Crippen LogP contribution in [0.1, 0.15) is 46.5 Å². The minimum atomic E-state index is -0.538. The van der Waals surface area contributed by atoms with Gasteiger partial charge in [-0.1, -0.05) is 27.2 Å². The Morgan fingerprint density at radius 2 is 1.80 bits per heavy atom. The Hall–Kier alpha value is -0.120. The number of unbranched alkanes of at least 4 members (excludes halogenated alkanes) is 1. The van der Waals surface area contributed by atoms with Gasteiger partial charge < -0.3 is 15.2 Å². The molecule has 0 saturated heterocycles. The van der Waals surface area contributed by atoms with E-state index in [0.717, 1.165) is 39.0 Å². The fourth-order valence-electron chi connectivity index (χ4n) is 1.31. The lowest BCUT2D eigenvalue weighted by Crippen LogP contribution is -2.40. The molecule has 0 aromatic carbocycles. The molecule has 0 heterocycles. The van der Waals surface area contributed by atoms with E-state index < -0.39 is 5.60 Å². The second kappa shape index (κ2) is 9.13. The summed E-state index contributed by atoms with van der Waals surface area (Å²) in [5.74, 6) is 0. The summed E-state index contributed by atoms with van der Waals surface area (Å²) >= 11 is 0. The van der Waals surface area contributed by atoms with Crippen LogP contribution in [-0.4, -0.2) is 37.0 Å². The van der Waals surface area contributed by atoms with Crippen molar-refractivity contribution in [1.82, 2.24) is 5.32 Å². The molecular formula is C12H27NO2. The minimum absolute atomic E-state index is 0.538. The maximum absolute atomic E-state index is 9.97. The van der Waals surface area contributed by atoms with E-state index in [2.05, 4.69) is 12.2 Å². The first-order valence-corrected chi connectivity index (χ1v) is 6.19. The normalized spacial score (nSPS) is 12.0. The van der Waals surface area contributed by atoms with Crippen LogP contribution >= 0.6 is 0 Å². The highest BCUT2D eigenvalue weighted by atomic mass is 16.5. The van der Waals surface area contributed by atoms with Crippen molar-refractivity contribution in [3.05, 3.63) is 0 Å². The second-order valence-corrected chi connectivity index (χ2v) is 4.07. The van der Waals surface area contributed by atoms with Crippen LogP contribution in [-0.2, 0) is 4.74 Å². The largest absolute Gasteiger partial charge is 0.389 e. The molecule has 15 heavy (non-hydrogen) atoms. The first-order valence-electron chi connectivity index (χ1n) is 6.19. The average Bonchev–Trinajstić information content (AvgIpc) is 2.27. The monoisotopic (exact) mass is 217 g/mol. The Morgan fingerprint density at radius 3 is 2.33 bits per heavy atom. The summed E-state index contributed by atoms with van der Waals surface area (Å²) in [6, 6.07) is 0. The number of ether oxygens (including phenoxy) is 1. The van der Waals surface area contributed by atoms with Gasteiger partial charge in [-0.3, -0.25) is 0 Å². The average molecular weight is 217 g/mol.